The van der Waals surface area contributed by atoms with Gasteiger partial charge in [0.05, 0.1) is 19.3 Å². The summed E-state index contributed by atoms with van der Waals surface area (Å²) in [6.45, 7) is 0. The molecular weight excluding hydrogens is 380 g/mol. The lowest BCUT2D eigenvalue weighted by molar-refractivity contribution is -0.127. The Kier molecular flexibility index (Phi) is 6.58. The molecule has 28 heavy (non-hydrogen) atoms. The molecular formula is C18H18N6O3S. The summed E-state index contributed by atoms with van der Waals surface area (Å²) >= 11 is 1.16. The van der Waals surface area contributed by atoms with Crippen molar-refractivity contribution in [2.24, 2.45) is 0 Å². The molecule has 0 aliphatic rings. The van der Waals surface area contributed by atoms with E-state index in [1.165, 1.54) is 0 Å². The number of aromatic amines is 1. The molecule has 2 amide bonds. The molecule has 2 aromatic heterocycles. The molecule has 10 heteroatoms. The van der Waals surface area contributed by atoms with Crippen LogP contribution in [0.4, 0.5) is 0 Å². The number of H-pyrrole nitrogens is 1. The van der Waals surface area contributed by atoms with Crippen LogP contribution in [-0.4, -0.2) is 44.8 Å². The van der Waals surface area contributed by atoms with E-state index in [4.69, 9.17) is 4.74 Å². The van der Waals surface area contributed by atoms with Gasteiger partial charge in [-0.15, -0.1) is 5.10 Å². The number of carbonyl (C=O) groups excluding carboxylic acids is 2. The first-order valence-electron chi connectivity index (χ1n) is 8.30. The highest BCUT2D eigenvalue weighted by atomic mass is 32.2. The van der Waals surface area contributed by atoms with Gasteiger partial charge < -0.3 is 4.74 Å². The summed E-state index contributed by atoms with van der Waals surface area (Å²) in [6, 6.07) is 10.7. The van der Waals surface area contributed by atoms with E-state index in [2.05, 4.69) is 31.0 Å². The second-order valence-corrected chi connectivity index (χ2v) is 6.55. The lowest BCUT2D eigenvalue weighted by Crippen LogP contribution is -2.43. The fraction of sp³-hybridized carbons (Fsp3) is 0.167. The van der Waals surface area contributed by atoms with E-state index in [-0.39, 0.29) is 24.0 Å². The molecule has 144 valence electrons. The average molecular weight is 398 g/mol. The number of rotatable bonds is 7. The smallest absolute Gasteiger partial charge is 0.248 e. The van der Waals surface area contributed by atoms with Crippen LogP contribution >= 0.6 is 11.8 Å². The van der Waals surface area contributed by atoms with Crippen LogP contribution in [0.3, 0.4) is 0 Å². The highest BCUT2D eigenvalue weighted by Crippen LogP contribution is 2.18. The molecule has 0 aliphatic heterocycles. The van der Waals surface area contributed by atoms with Crippen molar-refractivity contribution in [2.45, 2.75) is 11.6 Å². The summed E-state index contributed by atoms with van der Waals surface area (Å²) in [7, 11) is 1.58. The number of nitrogens with zero attached hydrogens (tertiary/aromatic N) is 3. The quantitative estimate of drug-likeness (QED) is 0.406. The number of nitrogens with one attached hydrogen (secondary N) is 3. The Morgan fingerprint density at radius 1 is 1.07 bits per heavy atom. The van der Waals surface area contributed by atoms with Crippen LogP contribution in [0.1, 0.15) is 5.56 Å². The molecule has 3 rings (SSSR count). The van der Waals surface area contributed by atoms with Gasteiger partial charge in [-0.25, -0.2) is 4.98 Å². The van der Waals surface area contributed by atoms with Crippen LogP contribution in [0, 0.1) is 0 Å². The summed E-state index contributed by atoms with van der Waals surface area (Å²) in [5, 5.41) is 7.31. The second-order valence-electron chi connectivity index (χ2n) is 5.61. The van der Waals surface area contributed by atoms with Gasteiger partial charge in [-0.1, -0.05) is 23.9 Å². The Morgan fingerprint density at radius 2 is 1.79 bits per heavy atom. The van der Waals surface area contributed by atoms with Gasteiger partial charge in [-0.05, 0) is 29.8 Å². The second kappa shape index (κ2) is 9.51. The van der Waals surface area contributed by atoms with Crippen molar-refractivity contribution in [1.29, 1.82) is 0 Å². The number of thioether (sulfide) groups is 1. The van der Waals surface area contributed by atoms with Crippen LogP contribution in [0.25, 0.3) is 11.4 Å². The topological polar surface area (TPSA) is 122 Å². The van der Waals surface area contributed by atoms with Gasteiger partial charge in [0, 0.05) is 18.0 Å². The zero-order valence-electron chi connectivity index (χ0n) is 15.0. The van der Waals surface area contributed by atoms with Crippen molar-refractivity contribution >= 4 is 23.6 Å². The van der Waals surface area contributed by atoms with E-state index < -0.39 is 0 Å². The number of methoxy groups -OCH3 is 1. The Morgan fingerprint density at radius 3 is 2.50 bits per heavy atom. The number of aromatic nitrogens is 4. The Bertz CT molecular complexity index is 930. The molecule has 3 N–H and O–H groups in total. The highest BCUT2D eigenvalue weighted by Gasteiger charge is 2.10. The molecule has 0 unspecified atom stereocenters. The summed E-state index contributed by atoms with van der Waals surface area (Å²) in [4.78, 5) is 32.1. The lowest BCUT2D eigenvalue weighted by Gasteiger charge is -2.07. The summed E-state index contributed by atoms with van der Waals surface area (Å²) in [5.74, 6) is 0.701. The molecule has 0 bridgehead atoms. The van der Waals surface area contributed by atoms with Gasteiger partial charge in [0.25, 0.3) is 0 Å². The molecule has 0 fully saturated rings. The zero-order chi connectivity index (χ0) is 19.8. The van der Waals surface area contributed by atoms with Crippen molar-refractivity contribution in [3.05, 3.63) is 54.4 Å². The number of pyridine rings is 1. The minimum Gasteiger partial charge on any atom is -0.497 e. The molecule has 0 atom stereocenters. The van der Waals surface area contributed by atoms with Gasteiger partial charge in [0.15, 0.2) is 5.82 Å². The van der Waals surface area contributed by atoms with Crippen LogP contribution in [-0.2, 0) is 16.0 Å². The fourth-order valence-corrected chi connectivity index (χ4v) is 2.83. The predicted octanol–water partition coefficient (Wildman–Crippen LogP) is 1.36. The third kappa shape index (κ3) is 5.55. The van der Waals surface area contributed by atoms with E-state index in [0.717, 1.165) is 22.9 Å². The van der Waals surface area contributed by atoms with Crippen molar-refractivity contribution in [2.75, 3.05) is 12.9 Å². The highest BCUT2D eigenvalue weighted by molar-refractivity contribution is 7.99. The predicted molar refractivity (Wildman–Crippen MR) is 103 cm³/mol. The molecule has 9 nitrogen and oxygen atoms in total. The molecule has 3 aromatic rings. The normalized spacial score (nSPS) is 10.3. The van der Waals surface area contributed by atoms with Crippen molar-refractivity contribution in [3.8, 4) is 17.1 Å². The van der Waals surface area contributed by atoms with Crippen LogP contribution in [0.5, 0.6) is 5.75 Å². The van der Waals surface area contributed by atoms with Crippen LogP contribution in [0.2, 0.25) is 0 Å². The molecule has 2 heterocycles. The van der Waals surface area contributed by atoms with E-state index in [9.17, 15) is 9.59 Å². The number of carbonyl (C=O) groups is 2. The van der Waals surface area contributed by atoms with Crippen LogP contribution in [0.15, 0.2) is 53.9 Å². The Hall–Kier alpha value is -3.40. The van der Waals surface area contributed by atoms with Gasteiger partial charge >= 0.3 is 0 Å². The third-order valence-electron chi connectivity index (χ3n) is 3.62. The van der Waals surface area contributed by atoms with Gasteiger partial charge in [0.1, 0.15) is 5.75 Å². The number of amides is 2. The van der Waals surface area contributed by atoms with Crippen molar-refractivity contribution in [1.82, 2.24) is 31.0 Å². The maximum Gasteiger partial charge on any atom is 0.248 e. The van der Waals surface area contributed by atoms with Gasteiger partial charge in [-0.2, -0.15) is 0 Å². The number of benzene rings is 1. The van der Waals surface area contributed by atoms with Gasteiger partial charge in [-0.3, -0.25) is 30.5 Å². The third-order valence-corrected chi connectivity index (χ3v) is 4.46. The number of hydrazine groups is 1. The molecule has 0 radical (unpaired) electrons. The molecule has 0 spiro atoms. The maximum absolute atomic E-state index is 11.9. The standard InChI is InChI=1S/C18H18N6O3S/c1-27-14-4-2-12(3-5-14)10-15(25)21-22-16(26)11-28-18-20-17(23-24-18)13-6-8-19-9-7-13/h2-9H,10-11H2,1H3,(H,21,25)(H,22,26)(H,20,23,24). The first-order valence-corrected chi connectivity index (χ1v) is 9.29. The van der Waals surface area contributed by atoms with E-state index in [0.29, 0.717) is 16.7 Å². The van der Waals surface area contributed by atoms with E-state index >= 15 is 0 Å². The first kappa shape index (κ1) is 19.4. The molecule has 1 aromatic carbocycles. The minimum atomic E-state index is -0.358. The minimum absolute atomic E-state index is 0.0659. The van der Waals surface area contributed by atoms with E-state index in [1.54, 1.807) is 55.9 Å². The Labute approximate surface area is 165 Å². The number of hydrogen-bond acceptors (Lipinski definition) is 7. The number of hydrogen-bond donors (Lipinski definition) is 3. The molecule has 0 saturated heterocycles. The SMILES string of the molecule is COc1ccc(CC(=O)NNC(=O)CSc2n[nH]c(-c3ccncc3)n2)cc1. The van der Waals surface area contributed by atoms with Crippen molar-refractivity contribution < 1.29 is 14.3 Å². The largest absolute Gasteiger partial charge is 0.497 e. The monoisotopic (exact) mass is 398 g/mol. The Balaban J connectivity index is 1.40. The summed E-state index contributed by atoms with van der Waals surface area (Å²) in [6.07, 6.45) is 3.47. The summed E-state index contributed by atoms with van der Waals surface area (Å²) in [5.41, 5.74) is 6.43. The average Bonchev–Trinajstić information content (AvgIpc) is 3.21. The molecule has 0 aliphatic carbocycles. The number of ether oxygens (including phenoxy) is 1. The fourth-order valence-electron chi connectivity index (χ4n) is 2.23. The van der Waals surface area contributed by atoms with Gasteiger partial charge in [0.2, 0.25) is 17.0 Å². The lowest BCUT2D eigenvalue weighted by atomic mass is 10.1. The maximum atomic E-state index is 11.9. The van der Waals surface area contributed by atoms with E-state index in [1.807, 2.05) is 0 Å². The first-order chi connectivity index (χ1) is 13.6. The van der Waals surface area contributed by atoms with Crippen molar-refractivity contribution in [3.63, 3.8) is 0 Å². The molecule has 0 saturated carbocycles. The zero-order valence-corrected chi connectivity index (χ0v) is 15.8. The summed E-state index contributed by atoms with van der Waals surface area (Å²) < 4.78 is 5.07. The van der Waals surface area contributed by atoms with Crippen LogP contribution < -0.4 is 15.6 Å².